The molecule has 1 rings (SSSR count). The van der Waals surface area contributed by atoms with Gasteiger partial charge in [-0.2, -0.15) is 0 Å². The van der Waals surface area contributed by atoms with E-state index in [0.717, 1.165) is 31.7 Å². The minimum absolute atomic E-state index is 0.123. The van der Waals surface area contributed by atoms with Crippen molar-refractivity contribution < 1.29 is 4.79 Å². The first-order valence-electron chi connectivity index (χ1n) is 7.65. The molecule has 3 heteroatoms. The molecule has 0 saturated carbocycles. The number of hydrogen-bond donors (Lipinski definition) is 0. The van der Waals surface area contributed by atoms with E-state index in [9.17, 15) is 4.79 Å². The van der Waals surface area contributed by atoms with Gasteiger partial charge in [0, 0.05) is 31.2 Å². The molecule has 20 heavy (non-hydrogen) atoms. The van der Waals surface area contributed by atoms with Crippen molar-refractivity contribution in [3.63, 3.8) is 0 Å². The molecule has 0 bridgehead atoms. The van der Waals surface area contributed by atoms with E-state index in [2.05, 4.69) is 37.8 Å². The first-order chi connectivity index (χ1) is 9.53. The van der Waals surface area contributed by atoms with Crippen LogP contribution < -0.4 is 0 Å². The Balaban J connectivity index is 2.76. The predicted octanol–water partition coefficient (Wildman–Crippen LogP) is 3.40. The summed E-state index contributed by atoms with van der Waals surface area (Å²) in [7, 11) is 0. The van der Waals surface area contributed by atoms with Crippen LogP contribution in [0, 0.1) is 0 Å². The van der Waals surface area contributed by atoms with Crippen molar-refractivity contribution in [1.29, 1.82) is 0 Å². The maximum atomic E-state index is 12.2. The Kier molecular flexibility index (Phi) is 6.73. The fourth-order valence-corrected chi connectivity index (χ4v) is 2.34. The van der Waals surface area contributed by atoms with E-state index in [1.807, 2.05) is 30.9 Å². The van der Waals surface area contributed by atoms with E-state index in [0.29, 0.717) is 6.04 Å². The number of benzene rings is 1. The van der Waals surface area contributed by atoms with Gasteiger partial charge < -0.3 is 4.90 Å². The predicted molar refractivity (Wildman–Crippen MR) is 84.9 cm³/mol. The molecule has 0 radical (unpaired) electrons. The van der Waals surface area contributed by atoms with E-state index in [1.54, 1.807) is 0 Å². The van der Waals surface area contributed by atoms with Crippen molar-refractivity contribution in [3.8, 4) is 0 Å². The highest BCUT2D eigenvalue weighted by Gasteiger charge is 2.13. The third kappa shape index (κ3) is 4.34. The Bertz CT molecular complexity index is 408. The zero-order valence-corrected chi connectivity index (χ0v) is 13.5. The third-order valence-corrected chi connectivity index (χ3v) is 3.77. The highest BCUT2D eigenvalue weighted by Crippen LogP contribution is 2.11. The Labute approximate surface area is 123 Å². The quantitative estimate of drug-likeness (QED) is 0.762. The van der Waals surface area contributed by atoms with Gasteiger partial charge in [0.2, 0.25) is 0 Å². The van der Waals surface area contributed by atoms with Crippen molar-refractivity contribution in [2.75, 3.05) is 19.6 Å². The molecule has 0 aromatic heterocycles. The van der Waals surface area contributed by atoms with Crippen LogP contribution in [0.1, 0.15) is 50.5 Å². The van der Waals surface area contributed by atoms with E-state index in [1.165, 1.54) is 5.56 Å². The van der Waals surface area contributed by atoms with E-state index >= 15 is 0 Å². The average molecular weight is 276 g/mol. The summed E-state index contributed by atoms with van der Waals surface area (Å²) < 4.78 is 0. The van der Waals surface area contributed by atoms with E-state index in [-0.39, 0.29) is 5.91 Å². The Hall–Kier alpha value is -1.35. The van der Waals surface area contributed by atoms with Gasteiger partial charge in [-0.25, -0.2) is 0 Å². The molecule has 0 aliphatic carbocycles. The molecule has 0 aliphatic rings. The fraction of sp³-hybridized carbons (Fsp3) is 0.588. The zero-order chi connectivity index (χ0) is 15.1. The number of carbonyl (C=O) groups is 1. The van der Waals surface area contributed by atoms with Crippen LogP contribution in [0.2, 0.25) is 0 Å². The SMILES string of the molecule is CCN(CC)C(=O)c1ccc(CN(CC)C(C)C)cc1. The number of hydrogen-bond acceptors (Lipinski definition) is 2. The summed E-state index contributed by atoms with van der Waals surface area (Å²) in [6.45, 7) is 14.1. The number of amides is 1. The lowest BCUT2D eigenvalue weighted by Crippen LogP contribution is -2.31. The second-order valence-corrected chi connectivity index (χ2v) is 5.33. The van der Waals surface area contributed by atoms with Crippen molar-refractivity contribution in [2.24, 2.45) is 0 Å². The summed E-state index contributed by atoms with van der Waals surface area (Å²) in [5.74, 6) is 0.123. The molecule has 0 spiro atoms. The molecule has 0 N–H and O–H groups in total. The number of carbonyl (C=O) groups excluding carboxylic acids is 1. The zero-order valence-electron chi connectivity index (χ0n) is 13.5. The molecule has 112 valence electrons. The normalized spacial score (nSPS) is 11.2. The van der Waals surface area contributed by atoms with Crippen molar-refractivity contribution >= 4 is 5.91 Å². The van der Waals surface area contributed by atoms with Gasteiger partial charge in [0.15, 0.2) is 0 Å². The van der Waals surface area contributed by atoms with Crippen LogP contribution >= 0.6 is 0 Å². The molecular formula is C17H28N2O. The van der Waals surface area contributed by atoms with E-state index in [4.69, 9.17) is 0 Å². The molecule has 3 nitrogen and oxygen atoms in total. The van der Waals surface area contributed by atoms with Crippen LogP contribution in [0.3, 0.4) is 0 Å². The van der Waals surface area contributed by atoms with Crippen LogP contribution in [0.15, 0.2) is 24.3 Å². The van der Waals surface area contributed by atoms with Gasteiger partial charge in [0.25, 0.3) is 5.91 Å². The first kappa shape index (κ1) is 16.7. The second-order valence-electron chi connectivity index (χ2n) is 5.33. The molecule has 0 heterocycles. The molecule has 0 fully saturated rings. The molecule has 0 aliphatic heterocycles. The molecule has 0 unspecified atom stereocenters. The maximum Gasteiger partial charge on any atom is 0.253 e. The number of rotatable bonds is 7. The molecular weight excluding hydrogens is 248 g/mol. The smallest absolute Gasteiger partial charge is 0.253 e. The Morgan fingerprint density at radius 3 is 1.95 bits per heavy atom. The van der Waals surface area contributed by atoms with Crippen LogP contribution in [0.5, 0.6) is 0 Å². The second kappa shape index (κ2) is 8.05. The molecule has 1 aromatic rings. The van der Waals surface area contributed by atoms with Gasteiger partial charge >= 0.3 is 0 Å². The van der Waals surface area contributed by atoms with Gasteiger partial charge in [0.1, 0.15) is 0 Å². The van der Waals surface area contributed by atoms with E-state index < -0.39 is 0 Å². The number of nitrogens with zero attached hydrogens (tertiary/aromatic N) is 2. The molecule has 0 atom stereocenters. The van der Waals surface area contributed by atoms with Crippen molar-refractivity contribution in [3.05, 3.63) is 35.4 Å². The lowest BCUT2D eigenvalue weighted by molar-refractivity contribution is 0.0773. The van der Waals surface area contributed by atoms with Crippen LogP contribution in [0.25, 0.3) is 0 Å². The largest absolute Gasteiger partial charge is 0.339 e. The monoisotopic (exact) mass is 276 g/mol. The summed E-state index contributed by atoms with van der Waals surface area (Å²) in [5.41, 5.74) is 2.04. The van der Waals surface area contributed by atoms with Crippen LogP contribution in [0.4, 0.5) is 0 Å². The highest BCUT2D eigenvalue weighted by molar-refractivity contribution is 5.94. The fourth-order valence-electron chi connectivity index (χ4n) is 2.34. The topological polar surface area (TPSA) is 23.6 Å². The van der Waals surface area contributed by atoms with Gasteiger partial charge in [-0.1, -0.05) is 19.1 Å². The van der Waals surface area contributed by atoms with Crippen LogP contribution in [-0.4, -0.2) is 41.4 Å². The van der Waals surface area contributed by atoms with Crippen molar-refractivity contribution in [1.82, 2.24) is 9.80 Å². The van der Waals surface area contributed by atoms with Crippen molar-refractivity contribution in [2.45, 2.75) is 47.2 Å². The van der Waals surface area contributed by atoms with Gasteiger partial charge in [-0.3, -0.25) is 9.69 Å². The minimum atomic E-state index is 0.123. The minimum Gasteiger partial charge on any atom is -0.339 e. The van der Waals surface area contributed by atoms with Gasteiger partial charge in [-0.05, 0) is 51.9 Å². The maximum absolute atomic E-state index is 12.2. The third-order valence-electron chi connectivity index (χ3n) is 3.77. The lowest BCUT2D eigenvalue weighted by atomic mass is 10.1. The highest BCUT2D eigenvalue weighted by atomic mass is 16.2. The summed E-state index contributed by atoms with van der Waals surface area (Å²) in [6.07, 6.45) is 0. The standard InChI is InChI=1S/C17H28N2O/c1-6-18(7-2)17(20)16-11-9-15(10-12-16)13-19(8-3)14(4)5/h9-12,14H,6-8,13H2,1-5H3. The summed E-state index contributed by atoms with van der Waals surface area (Å²) in [4.78, 5) is 16.5. The summed E-state index contributed by atoms with van der Waals surface area (Å²) in [5, 5.41) is 0. The Morgan fingerprint density at radius 1 is 1.00 bits per heavy atom. The summed E-state index contributed by atoms with van der Waals surface area (Å²) >= 11 is 0. The molecule has 0 saturated heterocycles. The summed E-state index contributed by atoms with van der Waals surface area (Å²) in [6, 6.07) is 8.58. The lowest BCUT2D eigenvalue weighted by Gasteiger charge is -2.25. The first-order valence-corrected chi connectivity index (χ1v) is 7.65. The van der Waals surface area contributed by atoms with Crippen LogP contribution in [-0.2, 0) is 6.54 Å². The average Bonchev–Trinajstić information content (AvgIpc) is 2.46. The Morgan fingerprint density at radius 2 is 1.55 bits per heavy atom. The van der Waals surface area contributed by atoms with Gasteiger partial charge in [0.05, 0.1) is 0 Å². The molecule has 1 aromatic carbocycles. The van der Waals surface area contributed by atoms with Gasteiger partial charge in [-0.15, -0.1) is 0 Å². The molecule has 1 amide bonds.